The first-order valence-electron chi connectivity index (χ1n) is 10.4. The second-order valence-electron chi connectivity index (χ2n) is 7.70. The fourth-order valence-corrected chi connectivity index (χ4v) is 5.37. The summed E-state index contributed by atoms with van der Waals surface area (Å²) >= 11 is 1.33. The van der Waals surface area contributed by atoms with Crippen molar-refractivity contribution in [3.63, 3.8) is 0 Å². The predicted octanol–water partition coefficient (Wildman–Crippen LogP) is 2.05. The van der Waals surface area contributed by atoms with E-state index in [1.807, 2.05) is 6.07 Å². The number of aromatic nitrogens is 2. The lowest BCUT2D eigenvalue weighted by molar-refractivity contribution is -0.120. The molecule has 4 rings (SSSR count). The number of hydrogen-bond donors (Lipinski definition) is 2. The molecule has 1 atom stereocenters. The Labute approximate surface area is 190 Å². The van der Waals surface area contributed by atoms with Crippen LogP contribution >= 0.6 is 11.8 Å². The molecule has 3 aromatic rings. The molecule has 1 aliphatic rings. The number of carbonyl (C=O) groups is 1. The Balaban J connectivity index is 1.65. The maximum absolute atomic E-state index is 13.3. The van der Waals surface area contributed by atoms with Gasteiger partial charge in [-0.3, -0.25) is 14.2 Å². The maximum Gasteiger partial charge on any atom is 0.262 e. The summed E-state index contributed by atoms with van der Waals surface area (Å²) in [5, 5.41) is 8.82. The van der Waals surface area contributed by atoms with E-state index in [0.717, 1.165) is 24.8 Å². The number of primary sulfonamides is 1. The standard InChI is InChI=1S/C22H24N4O4S2/c23-32(29,30)16-10-8-15(9-11-16)12-14-26-21(28)17-5-1-2-6-18(17)25-22(26)31-19-7-3-4-13-24-20(19)27/h1-2,5-6,8-11,19H,3-4,7,12-14H2,(H,24,27)(H2,23,29,30). The molecule has 0 aliphatic carbocycles. The van der Waals surface area contributed by atoms with E-state index < -0.39 is 10.0 Å². The third-order valence-electron chi connectivity index (χ3n) is 5.44. The van der Waals surface area contributed by atoms with Gasteiger partial charge in [-0.05, 0) is 49.1 Å². The molecular formula is C22H24N4O4S2. The van der Waals surface area contributed by atoms with Gasteiger partial charge in [0.05, 0.1) is 21.0 Å². The Morgan fingerprint density at radius 2 is 1.84 bits per heavy atom. The molecule has 1 unspecified atom stereocenters. The number of nitrogens with one attached hydrogen (secondary N) is 1. The monoisotopic (exact) mass is 472 g/mol. The van der Waals surface area contributed by atoms with Crippen LogP contribution in [0.3, 0.4) is 0 Å². The van der Waals surface area contributed by atoms with E-state index in [-0.39, 0.29) is 21.6 Å². The Morgan fingerprint density at radius 1 is 1.09 bits per heavy atom. The van der Waals surface area contributed by atoms with E-state index >= 15 is 0 Å². The van der Waals surface area contributed by atoms with Crippen molar-refractivity contribution in [1.82, 2.24) is 14.9 Å². The van der Waals surface area contributed by atoms with E-state index in [1.165, 1.54) is 23.9 Å². The number of nitrogens with zero attached hydrogens (tertiary/aromatic N) is 2. The highest BCUT2D eigenvalue weighted by Gasteiger charge is 2.24. The molecule has 1 fully saturated rings. The largest absolute Gasteiger partial charge is 0.355 e. The number of thioether (sulfide) groups is 1. The molecule has 2 heterocycles. The van der Waals surface area contributed by atoms with Crippen LogP contribution in [-0.4, -0.2) is 35.7 Å². The van der Waals surface area contributed by atoms with Crippen LogP contribution in [0.4, 0.5) is 0 Å². The molecule has 10 heteroatoms. The lowest BCUT2D eigenvalue weighted by Gasteiger charge is -2.17. The summed E-state index contributed by atoms with van der Waals surface area (Å²) < 4.78 is 24.5. The van der Waals surface area contributed by atoms with Gasteiger partial charge in [0.15, 0.2) is 5.16 Å². The lowest BCUT2D eigenvalue weighted by atomic mass is 10.1. The van der Waals surface area contributed by atoms with Gasteiger partial charge in [-0.15, -0.1) is 0 Å². The molecule has 1 aliphatic heterocycles. The van der Waals surface area contributed by atoms with Crippen molar-refractivity contribution in [1.29, 1.82) is 0 Å². The highest BCUT2D eigenvalue weighted by Crippen LogP contribution is 2.27. The van der Waals surface area contributed by atoms with Crippen molar-refractivity contribution in [2.75, 3.05) is 6.54 Å². The predicted molar refractivity (Wildman–Crippen MR) is 124 cm³/mol. The maximum atomic E-state index is 13.3. The van der Waals surface area contributed by atoms with Gasteiger partial charge in [0.2, 0.25) is 15.9 Å². The quantitative estimate of drug-likeness (QED) is 0.529. The molecule has 32 heavy (non-hydrogen) atoms. The van der Waals surface area contributed by atoms with E-state index in [0.29, 0.717) is 35.6 Å². The lowest BCUT2D eigenvalue weighted by Crippen LogP contribution is -2.32. The van der Waals surface area contributed by atoms with Gasteiger partial charge in [0, 0.05) is 13.1 Å². The van der Waals surface area contributed by atoms with Gasteiger partial charge >= 0.3 is 0 Å². The molecule has 1 amide bonds. The summed E-state index contributed by atoms with van der Waals surface area (Å²) in [6, 6.07) is 13.5. The van der Waals surface area contributed by atoms with Gasteiger partial charge < -0.3 is 5.32 Å². The van der Waals surface area contributed by atoms with Crippen molar-refractivity contribution < 1.29 is 13.2 Å². The van der Waals surface area contributed by atoms with Crippen molar-refractivity contribution in [3.05, 3.63) is 64.4 Å². The van der Waals surface area contributed by atoms with Crippen LogP contribution in [0, 0.1) is 0 Å². The molecule has 8 nitrogen and oxygen atoms in total. The Hall–Kier alpha value is -2.69. The first-order valence-corrected chi connectivity index (χ1v) is 12.8. The number of hydrogen-bond acceptors (Lipinski definition) is 6. The zero-order valence-corrected chi connectivity index (χ0v) is 19.0. The third-order valence-corrected chi connectivity index (χ3v) is 7.62. The summed E-state index contributed by atoms with van der Waals surface area (Å²) in [5.74, 6) is -0.0277. The fourth-order valence-electron chi connectivity index (χ4n) is 3.67. The Morgan fingerprint density at radius 3 is 2.59 bits per heavy atom. The molecule has 2 aromatic carbocycles. The molecule has 168 valence electrons. The number of para-hydroxylation sites is 1. The zero-order valence-electron chi connectivity index (χ0n) is 17.4. The molecule has 0 spiro atoms. The number of fused-ring (bicyclic) bond motifs is 1. The number of rotatable bonds is 6. The highest BCUT2D eigenvalue weighted by atomic mass is 32.2. The van der Waals surface area contributed by atoms with E-state index in [4.69, 9.17) is 10.1 Å². The van der Waals surface area contributed by atoms with Crippen molar-refractivity contribution in [2.45, 2.75) is 47.5 Å². The van der Waals surface area contributed by atoms with Gasteiger partial charge in [0.1, 0.15) is 0 Å². The zero-order chi connectivity index (χ0) is 22.7. The average molecular weight is 473 g/mol. The number of amides is 1. The average Bonchev–Trinajstić information content (AvgIpc) is 2.97. The second-order valence-corrected chi connectivity index (χ2v) is 10.4. The Kier molecular flexibility index (Phi) is 6.63. The highest BCUT2D eigenvalue weighted by molar-refractivity contribution is 8.00. The Bertz CT molecular complexity index is 1300. The molecule has 0 bridgehead atoms. The molecule has 0 saturated carbocycles. The summed E-state index contributed by atoms with van der Waals surface area (Å²) in [4.78, 5) is 30.5. The topological polar surface area (TPSA) is 124 Å². The summed E-state index contributed by atoms with van der Waals surface area (Å²) in [5.41, 5.74) is 1.30. The van der Waals surface area contributed by atoms with Crippen LogP contribution in [-0.2, 0) is 27.8 Å². The smallest absolute Gasteiger partial charge is 0.262 e. The van der Waals surface area contributed by atoms with Crippen LogP contribution < -0.4 is 16.0 Å². The van der Waals surface area contributed by atoms with Crippen LogP contribution in [0.2, 0.25) is 0 Å². The SMILES string of the molecule is NS(=O)(=O)c1ccc(CCn2c(SC3CCCCNC3=O)nc3ccccc3c2=O)cc1. The summed E-state index contributed by atoms with van der Waals surface area (Å²) in [6.45, 7) is 1.02. The number of aryl methyl sites for hydroxylation is 1. The van der Waals surface area contributed by atoms with E-state index in [9.17, 15) is 18.0 Å². The number of sulfonamides is 1. The molecular weight excluding hydrogens is 448 g/mol. The third kappa shape index (κ3) is 5.03. The fraction of sp³-hybridized carbons (Fsp3) is 0.318. The van der Waals surface area contributed by atoms with Gasteiger partial charge in [-0.25, -0.2) is 18.5 Å². The molecule has 1 aromatic heterocycles. The molecule has 1 saturated heterocycles. The number of benzene rings is 2. The summed E-state index contributed by atoms with van der Waals surface area (Å²) in [7, 11) is -3.76. The van der Waals surface area contributed by atoms with Crippen LogP contribution in [0.1, 0.15) is 24.8 Å². The number of nitrogens with two attached hydrogens (primary N) is 1. The van der Waals surface area contributed by atoms with Gasteiger partial charge in [-0.2, -0.15) is 0 Å². The first-order chi connectivity index (χ1) is 15.3. The van der Waals surface area contributed by atoms with Crippen LogP contribution in [0.25, 0.3) is 10.9 Å². The minimum absolute atomic E-state index is 0.0277. The van der Waals surface area contributed by atoms with Crippen LogP contribution in [0.5, 0.6) is 0 Å². The first kappa shape index (κ1) is 22.5. The van der Waals surface area contributed by atoms with Crippen LogP contribution in [0.15, 0.2) is 63.4 Å². The minimum atomic E-state index is -3.76. The second kappa shape index (κ2) is 9.43. The molecule has 3 N–H and O–H groups in total. The van der Waals surface area contributed by atoms with Crippen molar-refractivity contribution >= 4 is 38.6 Å². The van der Waals surface area contributed by atoms with E-state index in [2.05, 4.69) is 5.32 Å². The number of carbonyl (C=O) groups excluding carboxylic acids is 1. The van der Waals surface area contributed by atoms with Crippen molar-refractivity contribution in [3.8, 4) is 0 Å². The minimum Gasteiger partial charge on any atom is -0.355 e. The normalized spacial score (nSPS) is 17.2. The van der Waals surface area contributed by atoms with E-state index in [1.54, 1.807) is 34.9 Å². The van der Waals surface area contributed by atoms with Gasteiger partial charge in [-0.1, -0.05) is 42.4 Å². The summed E-state index contributed by atoms with van der Waals surface area (Å²) in [6.07, 6.45) is 3.10. The molecule has 0 radical (unpaired) electrons. The van der Waals surface area contributed by atoms with Gasteiger partial charge in [0.25, 0.3) is 5.56 Å². The van der Waals surface area contributed by atoms with Crippen molar-refractivity contribution in [2.24, 2.45) is 5.14 Å².